The molecule has 0 unspecified atom stereocenters. The largest absolute Gasteiger partial charge is 0.396 e. The van der Waals surface area contributed by atoms with Gasteiger partial charge in [-0.1, -0.05) is 24.8 Å². The summed E-state index contributed by atoms with van der Waals surface area (Å²) in [4.78, 5) is 2.18. The molecule has 3 nitrogen and oxygen atoms in total. The highest BCUT2D eigenvalue weighted by molar-refractivity contribution is 5.41. The fraction of sp³-hybridized carbons (Fsp3) is 0.500. The topological polar surface area (TPSA) is 43.7 Å². The second-order valence-corrected chi connectivity index (χ2v) is 4.52. The van der Waals surface area contributed by atoms with Crippen molar-refractivity contribution in [2.75, 3.05) is 26.3 Å². The highest BCUT2D eigenvalue weighted by atomic mass is 19.1. The van der Waals surface area contributed by atoms with Crippen molar-refractivity contribution < 1.29 is 14.6 Å². The lowest BCUT2D eigenvalue weighted by Crippen LogP contribution is -2.25. The Labute approximate surface area is 120 Å². The summed E-state index contributed by atoms with van der Waals surface area (Å²) >= 11 is 0. The van der Waals surface area contributed by atoms with E-state index in [9.17, 15) is 4.39 Å². The molecule has 0 aliphatic carbocycles. The van der Waals surface area contributed by atoms with Crippen molar-refractivity contribution in [3.8, 4) is 11.8 Å². The average molecular weight is 279 g/mol. The van der Waals surface area contributed by atoms with Crippen LogP contribution in [0.4, 0.5) is 4.39 Å². The molecule has 0 saturated carbocycles. The number of rotatable bonds is 7. The summed E-state index contributed by atoms with van der Waals surface area (Å²) in [7, 11) is 0. The van der Waals surface area contributed by atoms with E-state index in [0.29, 0.717) is 18.5 Å². The smallest absolute Gasteiger partial charge is 0.124 e. The van der Waals surface area contributed by atoms with Gasteiger partial charge in [-0.2, -0.15) is 0 Å². The van der Waals surface area contributed by atoms with Crippen LogP contribution in [0.2, 0.25) is 0 Å². The van der Waals surface area contributed by atoms with Crippen LogP contribution in [-0.2, 0) is 6.54 Å². The van der Waals surface area contributed by atoms with Crippen LogP contribution in [0, 0.1) is 17.7 Å². The summed E-state index contributed by atoms with van der Waals surface area (Å²) < 4.78 is 13.3. The predicted molar refractivity (Wildman–Crippen MR) is 77.6 cm³/mol. The van der Waals surface area contributed by atoms with Crippen LogP contribution in [0.15, 0.2) is 18.2 Å². The molecule has 0 aliphatic rings. The Morgan fingerprint density at radius 1 is 1.25 bits per heavy atom. The molecule has 110 valence electrons. The van der Waals surface area contributed by atoms with Gasteiger partial charge in [-0.3, -0.25) is 4.90 Å². The van der Waals surface area contributed by atoms with Crippen LogP contribution in [0.25, 0.3) is 0 Å². The van der Waals surface area contributed by atoms with Crippen LogP contribution in [0.3, 0.4) is 0 Å². The lowest BCUT2D eigenvalue weighted by Gasteiger charge is -2.20. The zero-order valence-electron chi connectivity index (χ0n) is 11.9. The third-order valence-electron chi connectivity index (χ3n) is 3.01. The van der Waals surface area contributed by atoms with E-state index in [1.807, 2.05) is 0 Å². The van der Waals surface area contributed by atoms with Gasteiger partial charge in [0, 0.05) is 31.7 Å². The molecular weight excluding hydrogens is 257 g/mol. The van der Waals surface area contributed by atoms with Gasteiger partial charge in [0.1, 0.15) is 5.82 Å². The van der Waals surface area contributed by atoms with E-state index in [1.54, 1.807) is 6.07 Å². The molecule has 0 aliphatic heterocycles. The molecule has 0 saturated heterocycles. The SMILES string of the molecule is CCN(CCCO)Cc1ccc(F)cc1C#CCCO. The molecule has 0 bridgehead atoms. The van der Waals surface area contributed by atoms with Gasteiger partial charge in [0.15, 0.2) is 0 Å². The maximum atomic E-state index is 13.3. The molecule has 2 N–H and O–H groups in total. The second-order valence-electron chi connectivity index (χ2n) is 4.52. The van der Waals surface area contributed by atoms with Crippen LogP contribution in [-0.4, -0.2) is 41.4 Å². The van der Waals surface area contributed by atoms with Gasteiger partial charge in [0.05, 0.1) is 6.61 Å². The van der Waals surface area contributed by atoms with Gasteiger partial charge in [0.25, 0.3) is 0 Å². The second kappa shape index (κ2) is 9.49. The molecule has 1 aromatic rings. The lowest BCUT2D eigenvalue weighted by atomic mass is 10.1. The van der Waals surface area contributed by atoms with Crippen LogP contribution in [0.5, 0.6) is 0 Å². The maximum absolute atomic E-state index is 13.3. The van der Waals surface area contributed by atoms with E-state index in [0.717, 1.165) is 25.1 Å². The molecule has 0 spiro atoms. The number of hydrogen-bond donors (Lipinski definition) is 2. The quantitative estimate of drug-likeness (QED) is 0.748. The third-order valence-corrected chi connectivity index (χ3v) is 3.01. The Kier molecular flexibility index (Phi) is 7.89. The third kappa shape index (κ3) is 5.70. The van der Waals surface area contributed by atoms with Crippen molar-refractivity contribution in [2.24, 2.45) is 0 Å². The number of benzene rings is 1. The van der Waals surface area contributed by atoms with Gasteiger partial charge in [0.2, 0.25) is 0 Å². The van der Waals surface area contributed by atoms with E-state index in [4.69, 9.17) is 10.2 Å². The van der Waals surface area contributed by atoms with Crippen molar-refractivity contribution in [3.63, 3.8) is 0 Å². The zero-order chi connectivity index (χ0) is 14.8. The van der Waals surface area contributed by atoms with Crippen molar-refractivity contribution >= 4 is 0 Å². The fourth-order valence-electron chi connectivity index (χ4n) is 1.90. The van der Waals surface area contributed by atoms with Crippen molar-refractivity contribution in [1.29, 1.82) is 0 Å². The number of halogens is 1. The number of aliphatic hydroxyl groups is 2. The highest BCUT2D eigenvalue weighted by Gasteiger charge is 2.07. The summed E-state index contributed by atoms with van der Waals surface area (Å²) in [5, 5.41) is 17.6. The summed E-state index contributed by atoms with van der Waals surface area (Å²) in [5.74, 6) is 5.44. The molecule has 0 amide bonds. The Morgan fingerprint density at radius 2 is 2.05 bits per heavy atom. The van der Waals surface area contributed by atoms with E-state index in [1.165, 1.54) is 12.1 Å². The van der Waals surface area contributed by atoms with Crippen LogP contribution in [0.1, 0.15) is 30.9 Å². The number of hydrogen-bond acceptors (Lipinski definition) is 3. The highest BCUT2D eigenvalue weighted by Crippen LogP contribution is 2.13. The summed E-state index contributed by atoms with van der Waals surface area (Å²) in [6.07, 6.45) is 1.11. The Balaban J connectivity index is 2.85. The summed E-state index contributed by atoms with van der Waals surface area (Å²) in [5.41, 5.74) is 1.64. The molecule has 0 heterocycles. The van der Waals surface area contributed by atoms with E-state index >= 15 is 0 Å². The normalized spacial score (nSPS) is 10.4. The first-order chi connectivity index (χ1) is 9.71. The maximum Gasteiger partial charge on any atom is 0.124 e. The van der Waals surface area contributed by atoms with Crippen molar-refractivity contribution in [1.82, 2.24) is 4.90 Å². The zero-order valence-corrected chi connectivity index (χ0v) is 11.9. The van der Waals surface area contributed by atoms with Gasteiger partial charge in [-0.05, 0) is 30.7 Å². The lowest BCUT2D eigenvalue weighted by molar-refractivity contribution is 0.225. The van der Waals surface area contributed by atoms with E-state index in [-0.39, 0.29) is 19.0 Å². The molecule has 0 aromatic heterocycles. The first kappa shape index (κ1) is 16.6. The first-order valence-electron chi connectivity index (χ1n) is 6.92. The molecule has 0 atom stereocenters. The minimum Gasteiger partial charge on any atom is -0.396 e. The van der Waals surface area contributed by atoms with Gasteiger partial charge in [-0.15, -0.1) is 0 Å². The Hall–Kier alpha value is -1.41. The fourth-order valence-corrected chi connectivity index (χ4v) is 1.90. The van der Waals surface area contributed by atoms with Crippen LogP contribution < -0.4 is 0 Å². The molecule has 1 rings (SSSR count). The molecular formula is C16H22FNO2. The Morgan fingerprint density at radius 3 is 2.70 bits per heavy atom. The van der Waals surface area contributed by atoms with Crippen molar-refractivity contribution in [2.45, 2.75) is 26.3 Å². The van der Waals surface area contributed by atoms with Crippen LogP contribution >= 0.6 is 0 Å². The standard InChI is InChI=1S/C16H22FNO2/c1-2-18(9-5-11-20)13-15-7-8-16(17)12-14(15)6-3-4-10-19/h7-8,12,19-20H,2,4-5,9-11,13H2,1H3. The van der Waals surface area contributed by atoms with E-state index in [2.05, 4.69) is 23.7 Å². The average Bonchev–Trinajstić information content (AvgIpc) is 2.45. The number of aliphatic hydroxyl groups excluding tert-OH is 2. The molecule has 0 radical (unpaired) electrons. The summed E-state index contributed by atoms with van der Waals surface area (Å²) in [6.45, 7) is 4.57. The molecule has 20 heavy (non-hydrogen) atoms. The summed E-state index contributed by atoms with van der Waals surface area (Å²) in [6, 6.07) is 4.62. The number of nitrogens with zero attached hydrogens (tertiary/aromatic N) is 1. The first-order valence-corrected chi connectivity index (χ1v) is 6.92. The Bertz CT molecular complexity index is 465. The van der Waals surface area contributed by atoms with Gasteiger partial charge < -0.3 is 10.2 Å². The van der Waals surface area contributed by atoms with Crippen molar-refractivity contribution in [3.05, 3.63) is 35.1 Å². The van der Waals surface area contributed by atoms with E-state index < -0.39 is 0 Å². The minimum absolute atomic E-state index is 0.00916. The monoisotopic (exact) mass is 279 g/mol. The molecule has 0 fully saturated rings. The molecule has 1 aromatic carbocycles. The van der Waals surface area contributed by atoms with Gasteiger partial charge >= 0.3 is 0 Å². The molecule has 4 heteroatoms. The minimum atomic E-state index is -0.305. The predicted octanol–water partition coefficient (Wildman–Crippen LogP) is 1.76. The van der Waals surface area contributed by atoms with Gasteiger partial charge in [-0.25, -0.2) is 4.39 Å².